The van der Waals surface area contributed by atoms with Crippen LogP contribution in [0.5, 0.6) is 0 Å². The average molecular weight is 275 g/mol. The van der Waals surface area contributed by atoms with Crippen LogP contribution in [-0.4, -0.2) is 22.4 Å². The van der Waals surface area contributed by atoms with E-state index in [9.17, 15) is 0 Å². The summed E-state index contributed by atoms with van der Waals surface area (Å²) in [6, 6.07) is 3.54. The first-order valence-electron chi connectivity index (χ1n) is 8.62. The van der Waals surface area contributed by atoms with Crippen LogP contribution in [-0.2, 0) is 6.42 Å². The van der Waals surface area contributed by atoms with Gasteiger partial charge in [-0.3, -0.25) is 4.68 Å². The third kappa shape index (κ3) is 3.43. The van der Waals surface area contributed by atoms with Crippen molar-refractivity contribution in [2.45, 2.75) is 76.8 Å². The van der Waals surface area contributed by atoms with Crippen molar-refractivity contribution in [3.05, 3.63) is 18.0 Å². The standard InChI is InChI=1S/C17H29N3/c1-2-18-16(12-14-6-5-7-14)13-15-10-11-20(19-15)17-8-3-4-9-17/h10-11,14,16-18H,2-9,12-13H2,1H3. The zero-order chi connectivity index (χ0) is 13.8. The molecule has 2 aliphatic rings. The fourth-order valence-electron chi connectivity index (χ4n) is 3.77. The minimum Gasteiger partial charge on any atom is -0.314 e. The van der Waals surface area contributed by atoms with Gasteiger partial charge in [0.2, 0.25) is 0 Å². The molecule has 1 aromatic rings. The molecule has 0 aliphatic heterocycles. The molecule has 1 atom stereocenters. The Hall–Kier alpha value is -0.830. The van der Waals surface area contributed by atoms with Gasteiger partial charge in [-0.15, -0.1) is 0 Å². The molecule has 20 heavy (non-hydrogen) atoms. The van der Waals surface area contributed by atoms with Crippen LogP contribution in [0.2, 0.25) is 0 Å². The molecule has 0 saturated heterocycles. The summed E-state index contributed by atoms with van der Waals surface area (Å²) in [4.78, 5) is 0. The highest BCUT2D eigenvalue weighted by atomic mass is 15.3. The third-order valence-electron chi connectivity index (χ3n) is 5.15. The number of nitrogens with zero attached hydrogens (tertiary/aromatic N) is 2. The van der Waals surface area contributed by atoms with Crippen LogP contribution in [0.4, 0.5) is 0 Å². The van der Waals surface area contributed by atoms with Crippen molar-refractivity contribution in [3.8, 4) is 0 Å². The van der Waals surface area contributed by atoms with E-state index < -0.39 is 0 Å². The van der Waals surface area contributed by atoms with E-state index in [0.717, 1.165) is 18.9 Å². The molecule has 0 radical (unpaired) electrons. The molecule has 2 fully saturated rings. The van der Waals surface area contributed by atoms with Crippen molar-refractivity contribution < 1.29 is 0 Å². The second-order valence-electron chi connectivity index (χ2n) is 6.72. The van der Waals surface area contributed by atoms with Crippen LogP contribution in [0.15, 0.2) is 12.3 Å². The van der Waals surface area contributed by atoms with E-state index in [1.165, 1.54) is 57.1 Å². The first-order valence-corrected chi connectivity index (χ1v) is 8.62. The van der Waals surface area contributed by atoms with E-state index >= 15 is 0 Å². The number of likely N-dealkylation sites (N-methyl/N-ethyl adjacent to an activating group) is 1. The topological polar surface area (TPSA) is 29.9 Å². The summed E-state index contributed by atoms with van der Waals surface area (Å²) < 4.78 is 2.23. The fraction of sp³-hybridized carbons (Fsp3) is 0.824. The van der Waals surface area contributed by atoms with Crippen molar-refractivity contribution in [2.75, 3.05) is 6.54 Å². The van der Waals surface area contributed by atoms with E-state index in [1.807, 2.05) is 0 Å². The number of hydrogen-bond donors (Lipinski definition) is 1. The van der Waals surface area contributed by atoms with Gasteiger partial charge < -0.3 is 5.32 Å². The van der Waals surface area contributed by atoms with Gasteiger partial charge in [0.1, 0.15) is 0 Å². The fourth-order valence-corrected chi connectivity index (χ4v) is 3.77. The van der Waals surface area contributed by atoms with E-state index in [2.05, 4.69) is 29.2 Å². The molecule has 1 N–H and O–H groups in total. The summed E-state index contributed by atoms with van der Waals surface area (Å²) in [5.74, 6) is 0.968. The summed E-state index contributed by atoms with van der Waals surface area (Å²) in [5, 5.41) is 8.50. The molecule has 1 aromatic heterocycles. The largest absolute Gasteiger partial charge is 0.314 e. The molecule has 1 heterocycles. The molecular formula is C17H29N3. The first kappa shape index (κ1) is 14.1. The summed E-state index contributed by atoms with van der Waals surface area (Å²) in [5.41, 5.74) is 1.28. The Labute approximate surface area is 123 Å². The lowest BCUT2D eigenvalue weighted by molar-refractivity contribution is 0.259. The van der Waals surface area contributed by atoms with E-state index in [0.29, 0.717) is 12.1 Å². The summed E-state index contributed by atoms with van der Waals surface area (Å²) in [6.07, 6.45) is 14.4. The maximum absolute atomic E-state index is 4.84. The summed E-state index contributed by atoms with van der Waals surface area (Å²) in [6.45, 7) is 3.28. The molecular weight excluding hydrogens is 246 g/mol. The zero-order valence-corrected chi connectivity index (χ0v) is 12.9. The van der Waals surface area contributed by atoms with Gasteiger partial charge in [-0.25, -0.2) is 0 Å². The molecule has 3 rings (SSSR count). The van der Waals surface area contributed by atoms with Crippen LogP contribution in [0.1, 0.15) is 70.0 Å². The molecule has 0 amide bonds. The lowest BCUT2D eigenvalue weighted by Crippen LogP contribution is -2.34. The normalized spacial score (nSPS) is 22.1. The maximum Gasteiger partial charge on any atom is 0.0640 e. The number of rotatable bonds is 7. The van der Waals surface area contributed by atoms with Gasteiger partial charge in [-0.05, 0) is 37.8 Å². The van der Waals surface area contributed by atoms with Gasteiger partial charge in [-0.1, -0.05) is 39.0 Å². The smallest absolute Gasteiger partial charge is 0.0640 e. The monoisotopic (exact) mass is 275 g/mol. The van der Waals surface area contributed by atoms with Gasteiger partial charge in [0.15, 0.2) is 0 Å². The predicted molar refractivity (Wildman–Crippen MR) is 82.9 cm³/mol. The minimum absolute atomic E-state index is 0.622. The van der Waals surface area contributed by atoms with Gasteiger partial charge in [-0.2, -0.15) is 5.10 Å². The van der Waals surface area contributed by atoms with E-state index in [4.69, 9.17) is 5.10 Å². The predicted octanol–water partition coefficient (Wildman–Crippen LogP) is 3.71. The molecule has 0 spiro atoms. The second kappa shape index (κ2) is 6.75. The first-order chi connectivity index (χ1) is 9.85. The summed E-state index contributed by atoms with van der Waals surface area (Å²) >= 11 is 0. The molecule has 3 heteroatoms. The van der Waals surface area contributed by atoms with E-state index in [1.54, 1.807) is 0 Å². The quantitative estimate of drug-likeness (QED) is 0.822. The highest BCUT2D eigenvalue weighted by Crippen LogP contribution is 2.31. The lowest BCUT2D eigenvalue weighted by Gasteiger charge is -2.29. The SMILES string of the molecule is CCNC(Cc1ccn(C2CCCC2)n1)CC1CCC1. The molecule has 2 aliphatic carbocycles. The van der Waals surface area contributed by atoms with Crippen LogP contribution in [0.25, 0.3) is 0 Å². The van der Waals surface area contributed by atoms with E-state index in [-0.39, 0.29) is 0 Å². The van der Waals surface area contributed by atoms with Gasteiger partial charge in [0.25, 0.3) is 0 Å². The summed E-state index contributed by atoms with van der Waals surface area (Å²) in [7, 11) is 0. The maximum atomic E-state index is 4.84. The Morgan fingerprint density at radius 2 is 2.05 bits per heavy atom. The molecule has 2 saturated carbocycles. The van der Waals surface area contributed by atoms with Crippen LogP contribution < -0.4 is 5.32 Å². The number of aromatic nitrogens is 2. The second-order valence-corrected chi connectivity index (χ2v) is 6.72. The van der Waals surface area contributed by atoms with Crippen molar-refractivity contribution in [1.29, 1.82) is 0 Å². The molecule has 3 nitrogen and oxygen atoms in total. The van der Waals surface area contributed by atoms with Crippen molar-refractivity contribution >= 4 is 0 Å². The number of nitrogens with one attached hydrogen (secondary N) is 1. The van der Waals surface area contributed by atoms with Gasteiger partial charge >= 0.3 is 0 Å². The Morgan fingerprint density at radius 3 is 2.70 bits per heavy atom. The highest BCUT2D eigenvalue weighted by molar-refractivity contribution is 5.03. The van der Waals surface area contributed by atoms with Gasteiger partial charge in [0, 0.05) is 18.7 Å². The van der Waals surface area contributed by atoms with Crippen LogP contribution in [0, 0.1) is 5.92 Å². The molecule has 112 valence electrons. The van der Waals surface area contributed by atoms with Crippen molar-refractivity contribution in [3.63, 3.8) is 0 Å². The van der Waals surface area contributed by atoms with Crippen molar-refractivity contribution in [1.82, 2.24) is 15.1 Å². The van der Waals surface area contributed by atoms with Gasteiger partial charge in [0.05, 0.1) is 11.7 Å². The third-order valence-corrected chi connectivity index (χ3v) is 5.15. The Morgan fingerprint density at radius 1 is 1.25 bits per heavy atom. The lowest BCUT2D eigenvalue weighted by atomic mass is 9.80. The van der Waals surface area contributed by atoms with Crippen LogP contribution in [0.3, 0.4) is 0 Å². The average Bonchev–Trinajstić information content (AvgIpc) is 3.04. The molecule has 0 bridgehead atoms. The zero-order valence-electron chi connectivity index (χ0n) is 12.9. The minimum atomic E-state index is 0.622. The Balaban J connectivity index is 1.56. The highest BCUT2D eigenvalue weighted by Gasteiger charge is 2.23. The number of hydrogen-bond acceptors (Lipinski definition) is 2. The molecule has 0 aromatic carbocycles. The van der Waals surface area contributed by atoms with Crippen LogP contribution >= 0.6 is 0 Å². The Bertz CT molecular complexity index is 402. The molecule has 1 unspecified atom stereocenters. The van der Waals surface area contributed by atoms with Crippen molar-refractivity contribution in [2.24, 2.45) is 5.92 Å². The Kier molecular flexibility index (Phi) is 4.77.